The van der Waals surface area contributed by atoms with E-state index in [0.29, 0.717) is 6.42 Å². The Labute approximate surface area is 80.3 Å². The van der Waals surface area contributed by atoms with Crippen LogP contribution < -0.4 is 0 Å². The normalized spacial score (nSPS) is 27.0. The Bertz CT molecular complexity index is 334. The van der Waals surface area contributed by atoms with Gasteiger partial charge in [-0.15, -0.1) is 11.8 Å². The van der Waals surface area contributed by atoms with Gasteiger partial charge in [-0.2, -0.15) is 0 Å². The first kappa shape index (κ1) is 9.00. The first-order valence-electron chi connectivity index (χ1n) is 4.22. The molecule has 1 aromatic rings. The predicted molar refractivity (Wildman–Crippen MR) is 50.2 cm³/mol. The number of hydrogen-bond acceptors (Lipinski definition) is 1. The third-order valence-corrected chi connectivity index (χ3v) is 3.39. The monoisotopic (exact) mass is 200 g/mol. The van der Waals surface area contributed by atoms with E-state index in [0.717, 1.165) is 10.6 Å². The quantitative estimate of drug-likeness (QED) is 0.617. The van der Waals surface area contributed by atoms with Crippen LogP contribution >= 0.6 is 11.8 Å². The van der Waals surface area contributed by atoms with Gasteiger partial charge in [0.25, 0.3) is 0 Å². The number of thioether (sulfide) groups is 1. The molecule has 0 spiro atoms. The van der Waals surface area contributed by atoms with Gasteiger partial charge in [-0.1, -0.05) is 6.07 Å². The highest BCUT2D eigenvalue weighted by Crippen LogP contribution is 2.43. The van der Waals surface area contributed by atoms with Crippen molar-refractivity contribution in [2.24, 2.45) is 0 Å². The maximum atomic E-state index is 13.9. The number of halogens is 2. The van der Waals surface area contributed by atoms with Crippen molar-refractivity contribution < 1.29 is 8.78 Å². The van der Waals surface area contributed by atoms with Gasteiger partial charge in [-0.05, 0) is 25.5 Å². The lowest BCUT2D eigenvalue weighted by Crippen LogP contribution is -2.22. The van der Waals surface area contributed by atoms with Gasteiger partial charge in [0.05, 0.1) is 0 Å². The molecule has 0 aliphatic carbocycles. The Balaban J connectivity index is 2.61. The van der Waals surface area contributed by atoms with Gasteiger partial charge in [0.2, 0.25) is 0 Å². The molecule has 0 saturated heterocycles. The molecule has 13 heavy (non-hydrogen) atoms. The van der Waals surface area contributed by atoms with E-state index in [4.69, 9.17) is 0 Å². The average Bonchev–Trinajstić information content (AvgIpc) is 2.02. The summed E-state index contributed by atoms with van der Waals surface area (Å²) >= 11 is 1.53. The molecule has 70 valence electrons. The number of benzene rings is 1. The molecule has 0 nitrogen and oxygen atoms in total. The van der Waals surface area contributed by atoms with Crippen LogP contribution in [0.5, 0.6) is 0 Å². The average molecular weight is 200 g/mol. The molecule has 1 aliphatic heterocycles. The minimum atomic E-state index is -1.49. The maximum Gasteiger partial charge on any atom is 0.137 e. The SMILES string of the molecule is CC1(F)CCSc2cccc(F)c21. The molecule has 2 rings (SSSR count). The van der Waals surface area contributed by atoms with Crippen molar-refractivity contribution in [2.75, 3.05) is 5.75 Å². The molecular formula is C10H10F2S. The zero-order chi connectivity index (χ0) is 9.47. The van der Waals surface area contributed by atoms with Gasteiger partial charge >= 0.3 is 0 Å². The van der Waals surface area contributed by atoms with Crippen LogP contribution in [0.3, 0.4) is 0 Å². The minimum Gasteiger partial charge on any atom is -0.239 e. The lowest BCUT2D eigenvalue weighted by atomic mass is 9.94. The molecule has 0 amide bonds. The Morgan fingerprint density at radius 3 is 2.92 bits per heavy atom. The van der Waals surface area contributed by atoms with E-state index in [1.807, 2.05) is 0 Å². The Morgan fingerprint density at radius 1 is 1.46 bits per heavy atom. The summed E-state index contributed by atoms with van der Waals surface area (Å²) < 4.78 is 27.2. The zero-order valence-corrected chi connectivity index (χ0v) is 8.13. The Morgan fingerprint density at radius 2 is 2.23 bits per heavy atom. The molecule has 1 heterocycles. The van der Waals surface area contributed by atoms with Gasteiger partial charge in [0, 0.05) is 16.2 Å². The van der Waals surface area contributed by atoms with Crippen LogP contribution in [-0.4, -0.2) is 5.75 Å². The van der Waals surface area contributed by atoms with Gasteiger partial charge in [0.1, 0.15) is 11.5 Å². The maximum absolute atomic E-state index is 13.9. The fourth-order valence-corrected chi connectivity index (χ4v) is 2.94. The zero-order valence-electron chi connectivity index (χ0n) is 7.31. The van der Waals surface area contributed by atoms with E-state index in [1.54, 1.807) is 12.1 Å². The Hall–Kier alpha value is -0.570. The summed E-state index contributed by atoms with van der Waals surface area (Å²) in [6.45, 7) is 1.45. The van der Waals surface area contributed by atoms with Crippen LogP contribution in [-0.2, 0) is 5.67 Å². The van der Waals surface area contributed by atoms with Crippen LogP contribution in [0.1, 0.15) is 18.9 Å². The van der Waals surface area contributed by atoms with E-state index in [9.17, 15) is 8.78 Å². The van der Waals surface area contributed by atoms with Crippen LogP contribution in [0.15, 0.2) is 23.1 Å². The van der Waals surface area contributed by atoms with Crippen molar-refractivity contribution >= 4 is 11.8 Å². The van der Waals surface area contributed by atoms with E-state index in [1.165, 1.54) is 24.8 Å². The fourth-order valence-electron chi connectivity index (χ4n) is 1.61. The van der Waals surface area contributed by atoms with Crippen molar-refractivity contribution in [1.29, 1.82) is 0 Å². The van der Waals surface area contributed by atoms with E-state index in [-0.39, 0.29) is 5.56 Å². The van der Waals surface area contributed by atoms with Crippen LogP contribution in [0.2, 0.25) is 0 Å². The molecule has 0 aromatic heterocycles. The smallest absolute Gasteiger partial charge is 0.137 e. The third kappa shape index (κ3) is 1.46. The van der Waals surface area contributed by atoms with Gasteiger partial charge in [-0.3, -0.25) is 0 Å². The molecule has 0 N–H and O–H groups in total. The van der Waals surface area contributed by atoms with Gasteiger partial charge < -0.3 is 0 Å². The number of alkyl halides is 1. The molecule has 1 aromatic carbocycles. The second kappa shape index (κ2) is 2.98. The molecule has 3 heteroatoms. The van der Waals surface area contributed by atoms with Crippen LogP contribution in [0, 0.1) is 5.82 Å². The van der Waals surface area contributed by atoms with Crippen LogP contribution in [0.4, 0.5) is 8.78 Å². The summed E-state index contributed by atoms with van der Waals surface area (Å²) in [4.78, 5) is 0.747. The standard InChI is InChI=1S/C10H10F2S/c1-10(12)5-6-13-8-4-2-3-7(11)9(8)10/h2-4H,5-6H2,1H3. The first-order chi connectivity index (χ1) is 6.11. The van der Waals surface area contributed by atoms with E-state index in [2.05, 4.69) is 0 Å². The second-order valence-electron chi connectivity index (χ2n) is 3.41. The van der Waals surface area contributed by atoms with E-state index < -0.39 is 11.5 Å². The summed E-state index contributed by atoms with van der Waals surface area (Å²) in [6.07, 6.45) is 0.394. The molecular weight excluding hydrogens is 190 g/mol. The topological polar surface area (TPSA) is 0 Å². The summed E-state index contributed by atoms with van der Waals surface area (Å²) in [6, 6.07) is 4.73. The first-order valence-corrected chi connectivity index (χ1v) is 5.20. The second-order valence-corrected chi connectivity index (χ2v) is 4.55. The summed E-state index contributed by atoms with van der Waals surface area (Å²) in [5.41, 5.74) is -1.25. The number of rotatable bonds is 0. The number of hydrogen-bond donors (Lipinski definition) is 0. The highest BCUT2D eigenvalue weighted by molar-refractivity contribution is 7.99. The Kier molecular flexibility index (Phi) is 2.06. The van der Waals surface area contributed by atoms with Crippen molar-refractivity contribution in [1.82, 2.24) is 0 Å². The summed E-state index contributed by atoms with van der Waals surface area (Å²) in [5.74, 6) is 0.304. The van der Waals surface area contributed by atoms with Crippen molar-refractivity contribution in [2.45, 2.75) is 23.9 Å². The molecule has 1 unspecified atom stereocenters. The largest absolute Gasteiger partial charge is 0.239 e. The van der Waals surface area contributed by atoms with Crippen LogP contribution in [0.25, 0.3) is 0 Å². The number of fused-ring (bicyclic) bond motifs is 1. The highest BCUT2D eigenvalue weighted by atomic mass is 32.2. The molecule has 1 atom stereocenters. The predicted octanol–water partition coefficient (Wildman–Crippen LogP) is 3.51. The minimum absolute atomic E-state index is 0.242. The lowest BCUT2D eigenvalue weighted by molar-refractivity contribution is 0.173. The van der Waals surface area contributed by atoms with Gasteiger partial charge in [-0.25, -0.2) is 8.78 Å². The lowest BCUT2D eigenvalue weighted by Gasteiger charge is -2.28. The van der Waals surface area contributed by atoms with Crippen molar-refractivity contribution in [3.63, 3.8) is 0 Å². The molecule has 0 fully saturated rings. The molecule has 1 aliphatic rings. The third-order valence-electron chi connectivity index (χ3n) is 2.33. The molecule has 0 saturated carbocycles. The fraction of sp³-hybridized carbons (Fsp3) is 0.400. The van der Waals surface area contributed by atoms with Crippen molar-refractivity contribution in [3.8, 4) is 0 Å². The molecule has 0 bridgehead atoms. The summed E-state index contributed by atoms with van der Waals surface area (Å²) in [7, 11) is 0. The van der Waals surface area contributed by atoms with Gasteiger partial charge in [0.15, 0.2) is 0 Å². The summed E-state index contributed by atoms with van der Waals surface area (Å²) in [5, 5.41) is 0. The molecule has 0 radical (unpaired) electrons. The van der Waals surface area contributed by atoms with Crippen molar-refractivity contribution in [3.05, 3.63) is 29.6 Å². The van der Waals surface area contributed by atoms with E-state index >= 15 is 0 Å². The highest BCUT2D eigenvalue weighted by Gasteiger charge is 2.34.